The monoisotopic (exact) mass is 307 g/mol. The summed E-state index contributed by atoms with van der Waals surface area (Å²) in [6, 6.07) is 10.9. The van der Waals surface area contributed by atoms with E-state index in [1.54, 1.807) is 35.4 Å². The van der Waals surface area contributed by atoms with Gasteiger partial charge in [-0.2, -0.15) is 0 Å². The topological polar surface area (TPSA) is 72.7 Å². The second-order valence-electron chi connectivity index (χ2n) is 5.47. The third-order valence-electron chi connectivity index (χ3n) is 3.46. The lowest BCUT2D eigenvalue weighted by Gasteiger charge is -2.11. The van der Waals surface area contributed by atoms with Crippen molar-refractivity contribution >= 4 is 11.6 Å². The van der Waals surface area contributed by atoms with Gasteiger partial charge in [-0.25, -0.2) is 4.68 Å². The van der Waals surface area contributed by atoms with Gasteiger partial charge in [-0.15, -0.1) is 5.10 Å². The van der Waals surface area contributed by atoms with Crippen LogP contribution in [-0.2, 0) is 0 Å². The zero-order valence-corrected chi connectivity index (χ0v) is 13.0. The standard InChI is InChI=1S/C17H17N5O/c1-12(2)16-11-19-21-22(16)15-5-3-4-14(10-15)20-17(23)13-6-8-18-9-7-13/h3-12H,1-2H3,(H,20,23). The molecule has 0 aliphatic rings. The zero-order valence-electron chi connectivity index (χ0n) is 13.0. The Morgan fingerprint density at radius 1 is 1.17 bits per heavy atom. The van der Waals surface area contributed by atoms with E-state index in [4.69, 9.17) is 0 Å². The summed E-state index contributed by atoms with van der Waals surface area (Å²) >= 11 is 0. The molecule has 0 fully saturated rings. The molecule has 0 saturated heterocycles. The molecule has 0 saturated carbocycles. The summed E-state index contributed by atoms with van der Waals surface area (Å²) in [6.45, 7) is 4.18. The molecule has 2 aromatic heterocycles. The number of hydrogen-bond acceptors (Lipinski definition) is 4. The van der Waals surface area contributed by atoms with Crippen LogP contribution in [-0.4, -0.2) is 25.9 Å². The van der Waals surface area contributed by atoms with E-state index in [9.17, 15) is 4.79 Å². The predicted molar refractivity (Wildman–Crippen MR) is 87.6 cm³/mol. The Morgan fingerprint density at radius 3 is 2.70 bits per heavy atom. The highest BCUT2D eigenvalue weighted by molar-refractivity contribution is 6.04. The lowest BCUT2D eigenvalue weighted by atomic mass is 10.1. The van der Waals surface area contributed by atoms with Crippen molar-refractivity contribution in [2.24, 2.45) is 0 Å². The van der Waals surface area contributed by atoms with Crippen LogP contribution in [0, 0.1) is 0 Å². The van der Waals surface area contributed by atoms with Crippen molar-refractivity contribution in [1.29, 1.82) is 0 Å². The Hall–Kier alpha value is -3.02. The average molecular weight is 307 g/mol. The van der Waals surface area contributed by atoms with Gasteiger partial charge in [-0.1, -0.05) is 25.1 Å². The molecule has 3 aromatic rings. The van der Waals surface area contributed by atoms with Crippen molar-refractivity contribution in [2.45, 2.75) is 19.8 Å². The summed E-state index contributed by atoms with van der Waals surface area (Å²) in [5, 5.41) is 11.0. The van der Waals surface area contributed by atoms with Gasteiger partial charge >= 0.3 is 0 Å². The molecule has 1 aromatic carbocycles. The van der Waals surface area contributed by atoms with Gasteiger partial charge in [0.1, 0.15) is 0 Å². The van der Waals surface area contributed by atoms with Crippen LogP contribution in [0.1, 0.15) is 35.8 Å². The van der Waals surface area contributed by atoms with Gasteiger partial charge in [0.25, 0.3) is 5.91 Å². The normalized spacial score (nSPS) is 10.7. The highest BCUT2D eigenvalue weighted by Crippen LogP contribution is 2.20. The van der Waals surface area contributed by atoms with Crippen LogP contribution >= 0.6 is 0 Å². The number of hydrogen-bond donors (Lipinski definition) is 1. The minimum absolute atomic E-state index is 0.174. The van der Waals surface area contributed by atoms with Gasteiger partial charge in [0.15, 0.2) is 0 Å². The summed E-state index contributed by atoms with van der Waals surface area (Å²) in [4.78, 5) is 16.1. The van der Waals surface area contributed by atoms with E-state index in [0.29, 0.717) is 17.2 Å². The van der Waals surface area contributed by atoms with E-state index in [2.05, 4.69) is 34.5 Å². The molecule has 0 spiro atoms. The Balaban J connectivity index is 1.86. The van der Waals surface area contributed by atoms with Crippen LogP contribution in [0.3, 0.4) is 0 Å². The van der Waals surface area contributed by atoms with Gasteiger partial charge in [0, 0.05) is 23.6 Å². The number of pyridine rings is 1. The van der Waals surface area contributed by atoms with Crippen molar-refractivity contribution < 1.29 is 4.79 Å². The van der Waals surface area contributed by atoms with Gasteiger partial charge in [-0.3, -0.25) is 9.78 Å². The molecule has 0 bridgehead atoms. The minimum Gasteiger partial charge on any atom is -0.322 e. The summed E-state index contributed by atoms with van der Waals surface area (Å²) in [5.74, 6) is 0.132. The first-order chi connectivity index (χ1) is 11.1. The van der Waals surface area contributed by atoms with Crippen molar-refractivity contribution in [3.05, 3.63) is 66.2 Å². The number of rotatable bonds is 4. The SMILES string of the molecule is CC(C)c1cnnn1-c1cccc(NC(=O)c2ccncc2)c1. The first-order valence-electron chi connectivity index (χ1n) is 7.37. The molecule has 0 aliphatic heterocycles. The Morgan fingerprint density at radius 2 is 1.96 bits per heavy atom. The molecule has 3 rings (SSSR count). The minimum atomic E-state index is -0.174. The first-order valence-corrected chi connectivity index (χ1v) is 7.37. The lowest BCUT2D eigenvalue weighted by Crippen LogP contribution is -2.12. The lowest BCUT2D eigenvalue weighted by molar-refractivity contribution is 0.102. The maximum absolute atomic E-state index is 12.2. The average Bonchev–Trinajstić information content (AvgIpc) is 3.06. The zero-order chi connectivity index (χ0) is 16.2. The molecule has 116 valence electrons. The number of carbonyl (C=O) groups is 1. The summed E-state index contributed by atoms with van der Waals surface area (Å²) < 4.78 is 1.78. The number of benzene rings is 1. The fourth-order valence-electron chi connectivity index (χ4n) is 2.26. The van der Waals surface area contributed by atoms with Crippen LogP contribution in [0.5, 0.6) is 0 Å². The van der Waals surface area contributed by atoms with Crippen molar-refractivity contribution in [3.8, 4) is 5.69 Å². The summed E-state index contributed by atoms with van der Waals surface area (Å²) in [7, 11) is 0. The number of anilines is 1. The molecule has 2 heterocycles. The maximum atomic E-state index is 12.2. The molecule has 0 unspecified atom stereocenters. The third kappa shape index (κ3) is 3.26. The number of nitrogens with one attached hydrogen (secondary N) is 1. The van der Waals surface area contributed by atoms with E-state index in [0.717, 1.165) is 11.4 Å². The number of amides is 1. The van der Waals surface area contributed by atoms with Crippen LogP contribution < -0.4 is 5.32 Å². The smallest absolute Gasteiger partial charge is 0.255 e. The molecular weight excluding hydrogens is 290 g/mol. The van der Waals surface area contributed by atoms with E-state index >= 15 is 0 Å². The van der Waals surface area contributed by atoms with Gasteiger partial charge < -0.3 is 5.32 Å². The predicted octanol–water partition coefficient (Wildman–Crippen LogP) is 3.04. The largest absolute Gasteiger partial charge is 0.322 e. The Bertz CT molecular complexity index is 811. The van der Waals surface area contributed by atoms with Crippen molar-refractivity contribution in [2.75, 3.05) is 5.32 Å². The van der Waals surface area contributed by atoms with Crippen molar-refractivity contribution in [1.82, 2.24) is 20.0 Å². The van der Waals surface area contributed by atoms with Gasteiger partial charge in [0.2, 0.25) is 0 Å². The van der Waals surface area contributed by atoms with Crippen LogP contribution in [0.25, 0.3) is 5.69 Å². The van der Waals surface area contributed by atoms with Crippen molar-refractivity contribution in [3.63, 3.8) is 0 Å². The van der Waals surface area contributed by atoms with E-state index in [-0.39, 0.29) is 5.91 Å². The number of aromatic nitrogens is 4. The fraction of sp³-hybridized carbons (Fsp3) is 0.176. The second-order valence-corrected chi connectivity index (χ2v) is 5.47. The van der Waals surface area contributed by atoms with Gasteiger partial charge in [-0.05, 0) is 36.2 Å². The molecule has 0 radical (unpaired) electrons. The number of carbonyl (C=O) groups excluding carboxylic acids is 1. The Labute approximate surface area is 134 Å². The Kier molecular flexibility index (Phi) is 4.14. The first kappa shape index (κ1) is 14.9. The van der Waals surface area contributed by atoms with Crippen LogP contribution in [0.2, 0.25) is 0 Å². The summed E-state index contributed by atoms with van der Waals surface area (Å²) in [6.07, 6.45) is 4.94. The quantitative estimate of drug-likeness (QED) is 0.804. The fourth-order valence-corrected chi connectivity index (χ4v) is 2.26. The van der Waals surface area contributed by atoms with E-state index in [1.807, 2.05) is 24.3 Å². The molecule has 6 nitrogen and oxygen atoms in total. The number of nitrogens with zero attached hydrogens (tertiary/aromatic N) is 4. The third-order valence-corrected chi connectivity index (χ3v) is 3.46. The highest BCUT2D eigenvalue weighted by Gasteiger charge is 2.11. The van der Waals surface area contributed by atoms with E-state index < -0.39 is 0 Å². The highest BCUT2D eigenvalue weighted by atomic mass is 16.1. The summed E-state index contributed by atoms with van der Waals surface area (Å²) in [5.41, 5.74) is 3.14. The van der Waals surface area contributed by atoms with Gasteiger partial charge in [0.05, 0.1) is 17.6 Å². The second kappa shape index (κ2) is 6.39. The molecule has 0 atom stereocenters. The van der Waals surface area contributed by atoms with Crippen LogP contribution in [0.4, 0.5) is 5.69 Å². The molecule has 23 heavy (non-hydrogen) atoms. The molecular formula is C17H17N5O. The van der Waals surface area contributed by atoms with Crippen LogP contribution in [0.15, 0.2) is 55.0 Å². The molecule has 1 N–H and O–H groups in total. The molecule has 0 aliphatic carbocycles. The molecule has 1 amide bonds. The van der Waals surface area contributed by atoms with E-state index in [1.165, 1.54) is 0 Å². The maximum Gasteiger partial charge on any atom is 0.255 e. The molecule has 6 heteroatoms.